The van der Waals surface area contributed by atoms with E-state index >= 15 is 0 Å². The minimum atomic E-state index is 0.0616. The van der Waals surface area contributed by atoms with Gasteiger partial charge in [-0.3, -0.25) is 5.43 Å². The summed E-state index contributed by atoms with van der Waals surface area (Å²) >= 11 is 0. The highest BCUT2D eigenvalue weighted by Gasteiger charge is 2.04. The standard InChI is InChI=1S/C13H13N3O2/c1-18-11-6-4-5-10(13(11)17)9-15-16-12-7-2-3-8-14-12/h2-9,17H,1H3,(H,14,16)/b15-9+. The third kappa shape index (κ3) is 2.76. The fourth-order valence-electron chi connectivity index (χ4n) is 1.41. The Morgan fingerprint density at radius 3 is 2.89 bits per heavy atom. The lowest BCUT2D eigenvalue weighted by Gasteiger charge is -2.04. The highest BCUT2D eigenvalue weighted by molar-refractivity contribution is 5.85. The Balaban J connectivity index is 2.10. The van der Waals surface area contributed by atoms with Crippen LogP contribution in [0.15, 0.2) is 47.7 Å². The number of hydrogen-bond acceptors (Lipinski definition) is 5. The van der Waals surface area contributed by atoms with Crippen LogP contribution in [0.5, 0.6) is 11.5 Å². The van der Waals surface area contributed by atoms with E-state index in [0.717, 1.165) is 0 Å². The van der Waals surface area contributed by atoms with Gasteiger partial charge in [0, 0.05) is 11.8 Å². The molecule has 18 heavy (non-hydrogen) atoms. The third-order valence-electron chi connectivity index (χ3n) is 2.30. The van der Waals surface area contributed by atoms with Crippen LogP contribution in [0.25, 0.3) is 0 Å². The summed E-state index contributed by atoms with van der Waals surface area (Å²) in [5.41, 5.74) is 3.33. The van der Waals surface area contributed by atoms with Crippen LogP contribution in [0.3, 0.4) is 0 Å². The summed E-state index contributed by atoms with van der Waals surface area (Å²) in [6.45, 7) is 0. The van der Waals surface area contributed by atoms with E-state index in [1.807, 2.05) is 12.1 Å². The molecule has 0 radical (unpaired) electrons. The lowest BCUT2D eigenvalue weighted by Crippen LogP contribution is -1.93. The number of benzene rings is 1. The Morgan fingerprint density at radius 1 is 1.28 bits per heavy atom. The highest BCUT2D eigenvalue weighted by Crippen LogP contribution is 2.27. The molecule has 0 saturated heterocycles. The lowest BCUT2D eigenvalue weighted by molar-refractivity contribution is 0.373. The number of hydrogen-bond donors (Lipinski definition) is 2. The molecule has 0 spiro atoms. The van der Waals surface area contributed by atoms with Crippen molar-refractivity contribution in [3.05, 3.63) is 48.2 Å². The maximum Gasteiger partial charge on any atom is 0.166 e. The number of ether oxygens (including phenoxy) is 1. The first-order valence-corrected chi connectivity index (χ1v) is 5.37. The molecule has 92 valence electrons. The van der Waals surface area contributed by atoms with E-state index in [0.29, 0.717) is 17.1 Å². The number of methoxy groups -OCH3 is 1. The maximum absolute atomic E-state index is 9.83. The van der Waals surface area contributed by atoms with Crippen LogP contribution in [0, 0.1) is 0 Å². The number of phenolic OH excluding ortho intramolecular Hbond substituents is 1. The number of rotatable bonds is 4. The summed E-state index contributed by atoms with van der Waals surface area (Å²) in [7, 11) is 1.50. The minimum absolute atomic E-state index is 0.0616. The molecular weight excluding hydrogens is 230 g/mol. The summed E-state index contributed by atoms with van der Waals surface area (Å²) < 4.78 is 5.01. The van der Waals surface area contributed by atoms with Crippen molar-refractivity contribution in [1.82, 2.24) is 4.98 Å². The number of phenols is 1. The molecule has 2 N–H and O–H groups in total. The Morgan fingerprint density at radius 2 is 2.17 bits per heavy atom. The maximum atomic E-state index is 9.83. The van der Waals surface area contributed by atoms with Crippen LogP contribution in [0.1, 0.15) is 5.56 Å². The van der Waals surface area contributed by atoms with Gasteiger partial charge in [-0.2, -0.15) is 5.10 Å². The quantitative estimate of drug-likeness (QED) is 0.638. The number of hydrazone groups is 1. The number of pyridine rings is 1. The van der Waals surface area contributed by atoms with Gasteiger partial charge in [0.2, 0.25) is 0 Å². The molecule has 1 heterocycles. The predicted molar refractivity (Wildman–Crippen MR) is 70.1 cm³/mol. The number of nitrogens with one attached hydrogen (secondary N) is 1. The van der Waals surface area contributed by atoms with Crippen molar-refractivity contribution >= 4 is 12.0 Å². The van der Waals surface area contributed by atoms with E-state index in [2.05, 4.69) is 15.5 Å². The van der Waals surface area contributed by atoms with E-state index < -0.39 is 0 Å². The molecule has 0 fully saturated rings. The van der Waals surface area contributed by atoms with E-state index in [-0.39, 0.29) is 5.75 Å². The fraction of sp³-hybridized carbons (Fsp3) is 0.0769. The molecule has 1 aromatic heterocycles. The zero-order chi connectivity index (χ0) is 12.8. The van der Waals surface area contributed by atoms with Crippen molar-refractivity contribution in [2.75, 3.05) is 12.5 Å². The summed E-state index contributed by atoms with van der Waals surface area (Å²) in [6, 6.07) is 10.7. The van der Waals surface area contributed by atoms with Crippen LogP contribution in [-0.2, 0) is 0 Å². The zero-order valence-electron chi connectivity index (χ0n) is 9.87. The molecule has 0 saturated carbocycles. The highest BCUT2D eigenvalue weighted by atomic mass is 16.5. The van der Waals surface area contributed by atoms with Gasteiger partial charge in [-0.15, -0.1) is 0 Å². The second kappa shape index (κ2) is 5.67. The summed E-state index contributed by atoms with van der Waals surface area (Å²) in [5, 5.41) is 13.8. The van der Waals surface area contributed by atoms with E-state index in [9.17, 15) is 5.11 Å². The largest absolute Gasteiger partial charge is 0.504 e. The van der Waals surface area contributed by atoms with E-state index in [1.54, 1.807) is 30.5 Å². The van der Waals surface area contributed by atoms with Gasteiger partial charge in [-0.25, -0.2) is 4.98 Å². The molecule has 0 aliphatic carbocycles. The van der Waals surface area contributed by atoms with Gasteiger partial charge in [0.05, 0.1) is 13.3 Å². The van der Waals surface area contributed by atoms with Crippen LogP contribution >= 0.6 is 0 Å². The van der Waals surface area contributed by atoms with E-state index in [1.165, 1.54) is 13.3 Å². The van der Waals surface area contributed by atoms with Crippen molar-refractivity contribution in [1.29, 1.82) is 0 Å². The molecule has 5 heteroatoms. The van der Waals surface area contributed by atoms with Gasteiger partial charge < -0.3 is 9.84 Å². The van der Waals surface area contributed by atoms with Gasteiger partial charge in [-0.05, 0) is 24.3 Å². The molecule has 0 amide bonds. The monoisotopic (exact) mass is 243 g/mol. The average Bonchev–Trinajstić information content (AvgIpc) is 2.42. The summed E-state index contributed by atoms with van der Waals surface area (Å²) in [5.74, 6) is 1.11. The van der Waals surface area contributed by atoms with Crippen LogP contribution in [0.2, 0.25) is 0 Å². The second-order valence-electron chi connectivity index (χ2n) is 3.48. The first-order chi connectivity index (χ1) is 8.81. The molecular formula is C13H13N3O2. The Labute approximate surface area is 105 Å². The molecule has 0 aliphatic rings. The smallest absolute Gasteiger partial charge is 0.166 e. The first-order valence-electron chi connectivity index (χ1n) is 5.37. The van der Waals surface area contributed by atoms with Crippen molar-refractivity contribution in [2.45, 2.75) is 0 Å². The van der Waals surface area contributed by atoms with Gasteiger partial charge in [0.1, 0.15) is 5.82 Å². The van der Waals surface area contributed by atoms with Gasteiger partial charge >= 0.3 is 0 Å². The van der Waals surface area contributed by atoms with Crippen molar-refractivity contribution in [3.8, 4) is 11.5 Å². The van der Waals surface area contributed by atoms with Gasteiger partial charge in [-0.1, -0.05) is 12.1 Å². The molecule has 5 nitrogen and oxygen atoms in total. The molecule has 0 aliphatic heterocycles. The Kier molecular flexibility index (Phi) is 3.76. The first kappa shape index (κ1) is 11.9. The second-order valence-corrected chi connectivity index (χ2v) is 3.48. The van der Waals surface area contributed by atoms with Crippen LogP contribution in [0.4, 0.5) is 5.82 Å². The molecule has 0 unspecified atom stereocenters. The van der Waals surface area contributed by atoms with Crippen LogP contribution in [-0.4, -0.2) is 23.4 Å². The van der Waals surface area contributed by atoms with Crippen molar-refractivity contribution < 1.29 is 9.84 Å². The van der Waals surface area contributed by atoms with Gasteiger partial charge in [0.15, 0.2) is 11.5 Å². The van der Waals surface area contributed by atoms with Gasteiger partial charge in [0.25, 0.3) is 0 Å². The fourth-order valence-corrected chi connectivity index (χ4v) is 1.41. The molecule has 2 rings (SSSR count). The number of anilines is 1. The zero-order valence-corrected chi connectivity index (χ0v) is 9.87. The third-order valence-corrected chi connectivity index (χ3v) is 2.30. The Hall–Kier alpha value is -2.56. The predicted octanol–water partition coefficient (Wildman–Crippen LogP) is 2.24. The number of aromatic nitrogens is 1. The molecule has 0 atom stereocenters. The van der Waals surface area contributed by atoms with Crippen LogP contribution < -0.4 is 10.2 Å². The Bertz CT molecular complexity index is 541. The SMILES string of the molecule is COc1cccc(/C=N/Nc2ccccn2)c1O. The number of aromatic hydroxyl groups is 1. The normalized spacial score (nSPS) is 10.5. The lowest BCUT2D eigenvalue weighted by atomic mass is 10.2. The van der Waals surface area contributed by atoms with Crippen molar-refractivity contribution in [2.24, 2.45) is 5.10 Å². The summed E-state index contributed by atoms with van der Waals surface area (Å²) in [6.07, 6.45) is 3.17. The van der Waals surface area contributed by atoms with Crippen molar-refractivity contribution in [3.63, 3.8) is 0 Å². The summed E-state index contributed by atoms with van der Waals surface area (Å²) in [4.78, 5) is 4.05. The average molecular weight is 243 g/mol. The molecule has 2 aromatic rings. The molecule has 1 aromatic carbocycles. The van der Waals surface area contributed by atoms with E-state index in [4.69, 9.17) is 4.74 Å². The molecule has 0 bridgehead atoms. The minimum Gasteiger partial charge on any atom is -0.504 e. The topological polar surface area (TPSA) is 66.7 Å². The number of para-hydroxylation sites is 1. The number of nitrogens with zero attached hydrogens (tertiary/aromatic N) is 2.